The average molecular weight is 368 g/mol. The van der Waals surface area contributed by atoms with E-state index in [1.165, 1.54) is 18.3 Å². The Balaban J connectivity index is 2.09. The summed E-state index contributed by atoms with van der Waals surface area (Å²) in [6, 6.07) is 12.4. The highest BCUT2D eigenvalue weighted by molar-refractivity contribution is 7.16. The molecule has 0 N–H and O–H groups in total. The fraction of sp³-hybridized carbons (Fsp3) is 0.250. The van der Waals surface area contributed by atoms with Gasteiger partial charge in [0.15, 0.2) is 10.6 Å². The fourth-order valence-electron chi connectivity index (χ4n) is 2.78. The number of Topliss-reactive ketones (excluding diaryl/α,β-unsaturated/α-hetero) is 1. The van der Waals surface area contributed by atoms with Gasteiger partial charge in [-0.05, 0) is 37.6 Å². The highest BCUT2D eigenvalue weighted by Crippen LogP contribution is 2.27. The van der Waals surface area contributed by atoms with Crippen molar-refractivity contribution >= 4 is 33.2 Å². The molecule has 5 nitrogen and oxygen atoms in total. The van der Waals surface area contributed by atoms with E-state index in [0.717, 1.165) is 28.9 Å². The molecule has 1 aromatic heterocycles. The Hall–Kier alpha value is -2.73. The van der Waals surface area contributed by atoms with Crippen LogP contribution in [0.4, 0.5) is 0 Å². The molecule has 0 aliphatic carbocycles. The Kier molecular flexibility index (Phi) is 5.32. The van der Waals surface area contributed by atoms with Crippen LogP contribution in [0.1, 0.15) is 41.0 Å². The van der Waals surface area contributed by atoms with Crippen LogP contribution in [0.5, 0.6) is 5.75 Å². The van der Waals surface area contributed by atoms with Gasteiger partial charge in [0.25, 0.3) is 5.91 Å². The van der Waals surface area contributed by atoms with E-state index >= 15 is 0 Å². The number of ether oxygens (including phenoxy) is 1. The number of nitrogens with zero attached hydrogens (tertiary/aromatic N) is 2. The van der Waals surface area contributed by atoms with E-state index in [1.807, 2.05) is 22.8 Å². The van der Waals surface area contributed by atoms with Crippen LogP contribution >= 0.6 is 11.3 Å². The number of fused-ring (bicyclic) bond motifs is 1. The van der Waals surface area contributed by atoms with Crippen molar-refractivity contribution in [1.29, 1.82) is 0 Å². The predicted molar refractivity (Wildman–Crippen MR) is 103 cm³/mol. The van der Waals surface area contributed by atoms with Crippen LogP contribution < -0.4 is 9.54 Å². The summed E-state index contributed by atoms with van der Waals surface area (Å²) in [5.41, 5.74) is 2.00. The summed E-state index contributed by atoms with van der Waals surface area (Å²) in [5.74, 6) is 0.417. The van der Waals surface area contributed by atoms with Crippen molar-refractivity contribution in [3.05, 3.63) is 58.4 Å². The molecule has 0 aliphatic heterocycles. The van der Waals surface area contributed by atoms with Crippen molar-refractivity contribution in [3.8, 4) is 5.75 Å². The van der Waals surface area contributed by atoms with Crippen molar-refractivity contribution < 1.29 is 14.3 Å². The summed E-state index contributed by atoms with van der Waals surface area (Å²) >= 11 is 1.47. The number of thiazole rings is 1. The molecule has 0 atom stereocenters. The number of para-hydroxylation sites is 1. The molecule has 0 fully saturated rings. The molecular formula is C20H20N2O3S. The van der Waals surface area contributed by atoms with Gasteiger partial charge in [-0.15, -0.1) is 0 Å². The minimum absolute atomic E-state index is 0.0293. The van der Waals surface area contributed by atoms with Gasteiger partial charge in [-0.2, -0.15) is 4.99 Å². The molecule has 3 aromatic rings. The molecule has 2 aromatic carbocycles. The normalized spacial score (nSPS) is 11.7. The van der Waals surface area contributed by atoms with E-state index in [0.29, 0.717) is 15.9 Å². The van der Waals surface area contributed by atoms with Gasteiger partial charge in [-0.3, -0.25) is 9.59 Å². The van der Waals surface area contributed by atoms with E-state index in [-0.39, 0.29) is 11.7 Å². The van der Waals surface area contributed by atoms with Gasteiger partial charge in [-0.25, -0.2) is 0 Å². The SMILES string of the molecule is CCCn1c(=NC(=O)c2ccc(C(C)=O)cc2)sc2cccc(OC)c21. The number of amides is 1. The molecule has 0 bridgehead atoms. The maximum absolute atomic E-state index is 12.6. The summed E-state index contributed by atoms with van der Waals surface area (Å²) in [5, 5.41) is 0. The lowest BCUT2D eigenvalue weighted by atomic mass is 10.1. The standard InChI is InChI=1S/C20H20N2O3S/c1-4-12-22-18-16(25-3)6-5-7-17(18)26-20(22)21-19(24)15-10-8-14(9-11-15)13(2)23/h5-11H,4,12H2,1-3H3. The van der Waals surface area contributed by atoms with E-state index in [2.05, 4.69) is 11.9 Å². The molecular weight excluding hydrogens is 348 g/mol. The molecule has 0 radical (unpaired) electrons. The molecule has 0 unspecified atom stereocenters. The predicted octanol–water partition coefficient (Wildman–Crippen LogP) is 4.07. The first-order valence-corrected chi connectivity index (χ1v) is 9.23. The molecule has 1 amide bonds. The zero-order valence-corrected chi connectivity index (χ0v) is 15.8. The van der Waals surface area contributed by atoms with Crippen molar-refractivity contribution in [2.75, 3.05) is 7.11 Å². The second-order valence-electron chi connectivity index (χ2n) is 5.89. The summed E-state index contributed by atoms with van der Waals surface area (Å²) in [6.07, 6.45) is 0.915. The number of aryl methyl sites for hydroxylation is 1. The van der Waals surface area contributed by atoms with Crippen molar-refractivity contribution in [2.24, 2.45) is 4.99 Å². The first kappa shape index (κ1) is 18.1. The number of carbonyl (C=O) groups is 2. The Morgan fingerprint density at radius 1 is 1.12 bits per heavy atom. The van der Waals surface area contributed by atoms with Crippen LogP contribution in [0, 0.1) is 0 Å². The molecule has 0 saturated heterocycles. The average Bonchev–Trinajstić information content (AvgIpc) is 2.99. The number of methoxy groups -OCH3 is 1. The van der Waals surface area contributed by atoms with Gasteiger partial charge < -0.3 is 9.30 Å². The van der Waals surface area contributed by atoms with E-state index in [4.69, 9.17) is 4.74 Å². The van der Waals surface area contributed by atoms with Crippen LogP contribution in [-0.4, -0.2) is 23.4 Å². The largest absolute Gasteiger partial charge is 0.495 e. The Labute approximate surface area is 155 Å². The van der Waals surface area contributed by atoms with Gasteiger partial charge in [-0.1, -0.05) is 36.5 Å². The number of hydrogen-bond acceptors (Lipinski definition) is 4. The minimum atomic E-state index is -0.324. The van der Waals surface area contributed by atoms with Crippen LogP contribution in [-0.2, 0) is 6.54 Å². The molecule has 0 spiro atoms. The lowest BCUT2D eigenvalue weighted by Gasteiger charge is -2.07. The van der Waals surface area contributed by atoms with Crippen LogP contribution in [0.15, 0.2) is 47.5 Å². The van der Waals surface area contributed by atoms with Gasteiger partial charge in [0.05, 0.1) is 11.8 Å². The maximum atomic E-state index is 12.6. The maximum Gasteiger partial charge on any atom is 0.279 e. The zero-order chi connectivity index (χ0) is 18.7. The molecule has 6 heteroatoms. The smallest absolute Gasteiger partial charge is 0.279 e. The van der Waals surface area contributed by atoms with Gasteiger partial charge in [0.1, 0.15) is 11.3 Å². The first-order chi connectivity index (χ1) is 12.5. The fourth-order valence-corrected chi connectivity index (χ4v) is 3.85. The molecule has 134 valence electrons. The van der Waals surface area contributed by atoms with Gasteiger partial charge in [0, 0.05) is 17.7 Å². The van der Waals surface area contributed by atoms with Crippen molar-refractivity contribution in [3.63, 3.8) is 0 Å². The molecule has 3 rings (SSSR count). The third-order valence-electron chi connectivity index (χ3n) is 4.07. The lowest BCUT2D eigenvalue weighted by Crippen LogP contribution is -2.17. The first-order valence-electron chi connectivity index (χ1n) is 8.41. The number of ketones is 1. The number of hydrogen-bond donors (Lipinski definition) is 0. The quantitative estimate of drug-likeness (QED) is 0.638. The third kappa shape index (κ3) is 3.46. The van der Waals surface area contributed by atoms with E-state index in [9.17, 15) is 9.59 Å². The number of carbonyl (C=O) groups excluding carboxylic acids is 2. The van der Waals surface area contributed by atoms with E-state index in [1.54, 1.807) is 31.4 Å². The highest BCUT2D eigenvalue weighted by Gasteiger charge is 2.12. The number of aromatic nitrogens is 1. The Morgan fingerprint density at radius 3 is 2.42 bits per heavy atom. The number of benzene rings is 2. The molecule has 0 aliphatic rings. The Morgan fingerprint density at radius 2 is 1.81 bits per heavy atom. The van der Waals surface area contributed by atoms with Gasteiger partial charge in [0.2, 0.25) is 0 Å². The number of rotatable bonds is 5. The summed E-state index contributed by atoms with van der Waals surface area (Å²) in [6.45, 7) is 4.33. The topological polar surface area (TPSA) is 60.7 Å². The van der Waals surface area contributed by atoms with E-state index < -0.39 is 0 Å². The zero-order valence-electron chi connectivity index (χ0n) is 15.0. The lowest BCUT2D eigenvalue weighted by molar-refractivity contribution is 0.0991. The van der Waals surface area contributed by atoms with Crippen LogP contribution in [0.3, 0.4) is 0 Å². The molecule has 26 heavy (non-hydrogen) atoms. The summed E-state index contributed by atoms with van der Waals surface area (Å²) in [7, 11) is 1.64. The molecule has 0 saturated carbocycles. The van der Waals surface area contributed by atoms with Crippen molar-refractivity contribution in [2.45, 2.75) is 26.8 Å². The third-order valence-corrected chi connectivity index (χ3v) is 5.11. The van der Waals surface area contributed by atoms with Crippen LogP contribution in [0.25, 0.3) is 10.2 Å². The highest BCUT2D eigenvalue weighted by atomic mass is 32.1. The van der Waals surface area contributed by atoms with Crippen LogP contribution in [0.2, 0.25) is 0 Å². The Bertz CT molecular complexity index is 1030. The minimum Gasteiger partial charge on any atom is -0.495 e. The summed E-state index contributed by atoms with van der Waals surface area (Å²) in [4.78, 5) is 28.9. The van der Waals surface area contributed by atoms with Crippen molar-refractivity contribution in [1.82, 2.24) is 4.57 Å². The summed E-state index contributed by atoms with van der Waals surface area (Å²) < 4.78 is 8.53. The monoisotopic (exact) mass is 368 g/mol. The molecule has 1 heterocycles. The van der Waals surface area contributed by atoms with Gasteiger partial charge >= 0.3 is 0 Å². The second-order valence-corrected chi connectivity index (χ2v) is 6.90. The second kappa shape index (κ2) is 7.66.